The fourth-order valence-corrected chi connectivity index (χ4v) is 4.41. The molecule has 5 nitrogen and oxygen atoms in total. The molecule has 0 aromatic heterocycles. The smallest absolute Gasteiger partial charge is 0.339 e. The Hall–Kier alpha value is -1.91. The lowest BCUT2D eigenvalue weighted by molar-refractivity contribution is 0.0689. The topological polar surface area (TPSA) is 65.0 Å². The number of rotatable bonds is 22. The van der Waals surface area contributed by atoms with Crippen LogP contribution in [-0.2, 0) is 0 Å². The Morgan fingerprint density at radius 1 is 0.667 bits per heavy atom. The van der Waals surface area contributed by atoms with Crippen LogP contribution in [-0.4, -0.2) is 30.9 Å². The molecule has 0 aliphatic heterocycles. The number of carboxylic acid groups (broad SMARTS) is 1. The third kappa shape index (κ3) is 11.4. The van der Waals surface area contributed by atoms with Crippen molar-refractivity contribution >= 4 is 5.97 Å². The van der Waals surface area contributed by atoms with Crippen LogP contribution in [0.3, 0.4) is 0 Å². The summed E-state index contributed by atoms with van der Waals surface area (Å²) in [6, 6.07) is 3.35. The molecule has 1 N–H and O–H groups in total. The summed E-state index contributed by atoms with van der Waals surface area (Å²) in [4.78, 5) is 12.2. The van der Waals surface area contributed by atoms with Crippen molar-refractivity contribution in [2.24, 2.45) is 17.8 Å². The van der Waals surface area contributed by atoms with Crippen molar-refractivity contribution in [3.8, 4) is 17.2 Å². The van der Waals surface area contributed by atoms with Crippen molar-refractivity contribution in [2.45, 2.75) is 119 Å². The van der Waals surface area contributed by atoms with Gasteiger partial charge in [0.1, 0.15) is 5.56 Å². The van der Waals surface area contributed by atoms with E-state index in [1.165, 1.54) is 12.8 Å². The molecule has 0 aliphatic carbocycles. The maximum absolute atomic E-state index is 12.2. The van der Waals surface area contributed by atoms with E-state index in [4.69, 9.17) is 14.2 Å². The summed E-state index contributed by atoms with van der Waals surface area (Å²) in [5.74, 6) is 1.64. The van der Waals surface area contributed by atoms with Gasteiger partial charge < -0.3 is 19.3 Å². The first-order valence-electron chi connectivity index (χ1n) is 14.7. The fraction of sp³-hybridized carbons (Fsp3) is 0.774. The lowest BCUT2D eigenvalue weighted by Gasteiger charge is -2.24. The molecule has 0 fully saturated rings. The first-order chi connectivity index (χ1) is 17.4. The second-order valence-corrected chi connectivity index (χ2v) is 10.3. The van der Waals surface area contributed by atoms with Gasteiger partial charge in [0.25, 0.3) is 0 Å². The van der Waals surface area contributed by atoms with Crippen molar-refractivity contribution in [1.82, 2.24) is 0 Å². The van der Waals surface area contributed by atoms with E-state index in [1.807, 2.05) is 0 Å². The summed E-state index contributed by atoms with van der Waals surface area (Å²) in [6.45, 7) is 14.8. The molecule has 0 amide bonds. The molecule has 208 valence electrons. The molecule has 3 atom stereocenters. The van der Waals surface area contributed by atoms with E-state index < -0.39 is 5.97 Å². The van der Waals surface area contributed by atoms with Gasteiger partial charge in [0.05, 0.1) is 19.8 Å². The van der Waals surface area contributed by atoms with E-state index in [0.29, 0.717) is 54.8 Å². The summed E-state index contributed by atoms with van der Waals surface area (Å²) in [6.07, 6.45) is 13.3. The number of hydrogen-bond acceptors (Lipinski definition) is 4. The van der Waals surface area contributed by atoms with Gasteiger partial charge in [-0.1, -0.05) is 99.3 Å². The lowest BCUT2D eigenvalue weighted by Crippen LogP contribution is -2.18. The van der Waals surface area contributed by atoms with Crippen molar-refractivity contribution in [2.75, 3.05) is 19.8 Å². The maximum atomic E-state index is 12.2. The van der Waals surface area contributed by atoms with Gasteiger partial charge in [0.2, 0.25) is 5.75 Å². The van der Waals surface area contributed by atoms with Gasteiger partial charge in [0.15, 0.2) is 11.5 Å². The standard InChI is InChI=1S/C31H54O5/c1-7-13-16-24(10-4)21-34-28-20-19-27(31(32)33)29(35-22-25(11-5)17-14-8-2)30(28)36-23-26(12-6)18-15-9-3/h19-20,24-26H,7-18,21-23H2,1-6H3,(H,32,33). The van der Waals surface area contributed by atoms with Gasteiger partial charge in [-0.15, -0.1) is 0 Å². The van der Waals surface area contributed by atoms with Gasteiger partial charge in [-0.05, 0) is 49.1 Å². The molecular weight excluding hydrogens is 452 g/mol. The monoisotopic (exact) mass is 506 g/mol. The molecule has 0 heterocycles. The molecule has 1 aromatic rings. The van der Waals surface area contributed by atoms with Crippen LogP contribution in [0.15, 0.2) is 12.1 Å². The molecule has 0 radical (unpaired) electrons. The van der Waals surface area contributed by atoms with Gasteiger partial charge in [-0.3, -0.25) is 0 Å². The number of carbonyl (C=O) groups is 1. The van der Waals surface area contributed by atoms with Gasteiger partial charge in [0, 0.05) is 0 Å². The molecule has 3 unspecified atom stereocenters. The van der Waals surface area contributed by atoms with Crippen molar-refractivity contribution < 1.29 is 24.1 Å². The number of benzene rings is 1. The average Bonchev–Trinajstić information content (AvgIpc) is 2.89. The minimum Gasteiger partial charge on any atom is -0.489 e. The van der Waals surface area contributed by atoms with Crippen LogP contribution in [0, 0.1) is 17.8 Å². The minimum absolute atomic E-state index is 0.141. The van der Waals surface area contributed by atoms with Crippen molar-refractivity contribution in [3.63, 3.8) is 0 Å². The highest BCUT2D eigenvalue weighted by Gasteiger charge is 2.24. The normalized spacial score (nSPS) is 13.7. The predicted molar refractivity (Wildman–Crippen MR) is 150 cm³/mol. The molecular formula is C31H54O5. The van der Waals surface area contributed by atoms with Crippen LogP contribution >= 0.6 is 0 Å². The van der Waals surface area contributed by atoms with Crippen molar-refractivity contribution in [1.29, 1.82) is 0 Å². The third-order valence-corrected chi connectivity index (χ3v) is 7.34. The number of unbranched alkanes of at least 4 members (excludes halogenated alkanes) is 3. The lowest BCUT2D eigenvalue weighted by atomic mass is 10.00. The molecule has 1 rings (SSSR count). The number of hydrogen-bond donors (Lipinski definition) is 1. The van der Waals surface area contributed by atoms with Gasteiger partial charge >= 0.3 is 5.97 Å². The predicted octanol–water partition coefficient (Wildman–Crippen LogP) is 9.17. The zero-order chi connectivity index (χ0) is 26.8. The minimum atomic E-state index is -1.00. The molecule has 0 spiro atoms. The maximum Gasteiger partial charge on any atom is 0.339 e. The molecule has 0 bridgehead atoms. The number of carboxylic acids is 1. The Bertz CT molecular complexity index is 717. The van der Waals surface area contributed by atoms with Crippen LogP contribution in [0.4, 0.5) is 0 Å². The molecule has 36 heavy (non-hydrogen) atoms. The van der Waals surface area contributed by atoms with Crippen LogP contribution in [0.1, 0.15) is 129 Å². The van der Waals surface area contributed by atoms with Crippen LogP contribution < -0.4 is 14.2 Å². The fourth-order valence-electron chi connectivity index (χ4n) is 4.41. The van der Waals surface area contributed by atoms with E-state index in [2.05, 4.69) is 41.5 Å². The van der Waals surface area contributed by atoms with E-state index in [0.717, 1.165) is 64.2 Å². The van der Waals surface area contributed by atoms with Crippen molar-refractivity contribution in [3.05, 3.63) is 17.7 Å². The molecule has 5 heteroatoms. The second kappa shape index (κ2) is 19.2. The summed E-state index contributed by atoms with van der Waals surface area (Å²) in [5.41, 5.74) is 0.141. The largest absolute Gasteiger partial charge is 0.489 e. The number of aromatic carboxylic acids is 1. The van der Waals surface area contributed by atoms with E-state index in [-0.39, 0.29) is 5.56 Å². The Labute approximate surface area is 221 Å². The van der Waals surface area contributed by atoms with Crippen LogP contribution in [0.5, 0.6) is 17.2 Å². The molecule has 0 aliphatic rings. The van der Waals surface area contributed by atoms with Gasteiger partial charge in [-0.2, -0.15) is 0 Å². The first-order valence-corrected chi connectivity index (χ1v) is 14.7. The SMILES string of the molecule is CCCCC(CC)COc1ccc(C(=O)O)c(OCC(CC)CCCC)c1OCC(CC)CCCC. The average molecular weight is 507 g/mol. The quantitative estimate of drug-likeness (QED) is 0.170. The Kier molecular flexibility index (Phi) is 17.2. The zero-order valence-electron chi connectivity index (χ0n) is 24.1. The molecule has 0 saturated heterocycles. The van der Waals surface area contributed by atoms with E-state index >= 15 is 0 Å². The van der Waals surface area contributed by atoms with Crippen LogP contribution in [0.25, 0.3) is 0 Å². The second-order valence-electron chi connectivity index (χ2n) is 10.3. The highest BCUT2D eigenvalue weighted by atomic mass is 16.5. The van der Waals surface area contributed by atoms with E-state index in [1.54, 1.807) is 12.1 Å². The molecule has 0 saturated carbocycles. The zero-order valence-corrected chi connectivity index (χ0v) is 24.1. The van der Waals surface area contributed by atoms with E-state index in [9.17, 15) is 9.90 Å². The Balaban J connectivity index is 3.27. The highest BCUT2D eigenvalue weighted by molar-refractivity contribution is 5.92. The Morgan fingerprint density at radius 3 is 1.47 bits per heavy atom. The summed E-state index contributed by atoms with van der Waals surface area (Å²) >= 11 is 0. The van der Waals surface area contributed by atoms with Gasteiger partial charge in [-0.25, -0.2) is 4.79 Å². The van der Waals surface area contributed by atoms with Crippen LogP contribution in [0.2, 0.25) is 0 Å². The summed E-state index contributed by atoms with van der Waals surface area (Å²) in [5, 5.41) is 9.96. The third-order valence-electron chi connectivity index (χ3n) is 7.34. The Morgan fingerprint density at radius 2 is 1.08 bits per heavy atom. The highest BCUT2D eigenvalue weighted by Crippen LogP contribution is 2.42. The first kappa shape index (κ1) is 32.1. The summed E-state index contributed by atoms with van der Waals surface area (Å²) < 4.78 is 19.0. The summed E-state index contributed by atoms with van der Waals surface area (Å²) in [7, 11) is 0. The molecule has 1 aromatic carbocycles. The number of ether oxygens (including phenoxy) is 3.